The summed E-state index contributed by atoms with van der Waals surface area (Å²) in [6, 6.07) is 38.7. The molecule has 190 valence electrons. The van der Waals surface area contributed by atoms with Crippen LogP contribution in [-0.2, 0) is 4.79 Å². The first kappa shape index (κ1) is 28.5. The van der Waals surface area contributed by atoms with E-state index < -0.39 is 6.10 Å². The lowest BCUT2D eigenvalue weighted by Crippen LogP contribution is -2.06. The van der Waals surface area contributed by atoms with Gasteiger partial charge in [-0.25, -0.2) is 0 Å². The number of hydrogen-bond donors (Lipinski definition) is 2. The Morgan fingerprint density at radius 3 is 1.62 bits per heavy atom. The summed E-state index contributed by atoms with van der Waals surface area (Å²) < 4.78 is 0. The lowest BCUT2D eigenvalue weighted by molar-refractivity contribution is -0.109. The van der Waals surface area contributed by atoms with Gasteiger partial charge < -0.3 is 5.11 Å². The van der Waals surface area contributed by atoms with Crippen LogP contribution in [0.4, 0.5) is 0 Å². The van der Waals surface area contributed by atoms with Crippen molar-refractivity contribution in [3.63, 3.8) is 0 Å². The van der Waals surface area contributed by atoms with Gasteiger partial charge in [0.25, 0.3) is 0 Å². The van der Waals surface area contributed by atoms with Crippen molar-refractivity contribution >= 4 is 35.3 Å². The largest absolute Gasteiger partial charge is 0.388 e. The van der Waals surface area contributed by atoms with E-state index in [4.69, 9.17) is 0 Å². The molecule has 0 saturated heterocycles. The number of rotatable bonds is 9. The first-order chi connectivity index (χ1) is 17.9. The molecule has 3 unspecified atom stereocenters. The highest BCUT2D eigenvalue weighted by molar-refractivity contribution is 8.13. The van der Waals surface area contributed by atoms with Gasteiger partial charge in [-0.3, -0.25) is 9.59 Å². The summed E-state index contributed by atoms with van der Waals surface area (Å²) in [6.07, 6.45) is 0.494. The van der Waals surface area contributed by atoms with E-state index in [-0.39, 0.29) is 21.4 Å². The van der Waals surface area contributed by atoms with Gasteiger partial charge in [-0.1, -0.05) is 133 Å². The standard InChI is InChI=1S/C17H16O2S.C15H16OS/c1-13(18)20-17(15-10-6-3-7-11-15)12-16(19)14-8-4-2-5-9-14;16-14(12-7-3-1-4-8-12)11-15(17)13-9-5-2-6-10-13/h2-11,17H,12H2,1H3;1-10,14-17H,11H2. The van der Waals surface area contributed by atoms with Gasteiger partial charge in [0, 0.05) is 29.4 Å². The van der Waals surface area contributed by atoms with Gasteiger partial charge in [-0.15, -0.1) is 0 Å². The van der Waals surface area contributed by atoms with Crippen LogP contribution < -0.4 is 0 Å². The summed E-state index contributed by atoms with van der Waals surface area (Å²) in [5, 5.41) is 10.1. The Labute approximate surface area is 229 Å². The maximum absolute atomic E-state index is 12.3. The molecule has 1 N–H and O–H groups in total. The minimum absolute atomic E-state index is 0.0275. The third-order valence-electron chi connectivity index (χ3n) is 5.76. The molecule has 5 heteroatoms. The highest BCUT2D eigenvalue weighted by Gasteiger charge is 2.19. The Morgan fingerprint density at radius 1 is 0.703 bits per heavy atom. The maximum Gasteiger partial charge on any atom is 0.186 e. The minimum atomic E-state index is -0.459. The summed E-state index contributed by atoms with van der Waals surface area (Å²) in [7, 11) is 0. The third kappa shape index (κ3) is 9.69. The van der Waals surface area contributed by atoms with Gasteiger partial charge in [-0.2, -0.15) is 12.6 Å². The Bertz CT molecular complexity index is 1170. The van der Waals surface area contributed by atoms with Crippen molar-refractivity contribution in [1.82, 2.24) is 0 Å². The van der Waals surface area contributed by atoms with Crippen LogP contribution in [0.3, 0.4) is 0 Å². The molecule has 0 saturated carbocycles. The summed E-state index contributed by atoms with van der Waals surface area (Å²) >= 11 is 5.77. The first-order valence-corrected chi connectivity index (χ1v) is 13.6. The van der Waals surface area contributed by atoms with E-state index >= 15 is 0 Å². The van der Waals surface area contributed by atoms with E-state index in [1.807, 2.05) is 121 Å². The molecule has 0 aliphatic carbocycles. The number of aliphatic hydroxyl groups excluding tert-OH is 1. The van der Waals surface area contributed by atoms with Crippen molar-refractivity contribution in [2.24, 2.45) is 0 Å². The fourth-order valence-electron chi connectivity index (χ4n) is 3.84. The second-order valence-corrected chi connectivity index (χ2v) is 10.6. The molecule has 4 aromatic carbocycles. The van der Waals surface area contributed by atoms with Crippen LogP contribution in [0.15, 0.2) is 121 Å². The molecule has 0 radical (unpaired) electrons. The van der Waals surface area contributed by atoms with Crippen LogP contribution in [0.1, 0.15) is 63.4 Å². The molecule has 0 aliphatic rings. The van der Waals surface area contributed by atoms with Crippen molar-refractivity contribution < 1.29 is 14.7 Å². The van der Waals surface area contributed by atoms with Gasteiger partial charge in [0.05, 0.1) is 6.10 Å². The van der Waals surface area contributed by atoms with Gasteiger partial charge in [0.1, 0.15) is 0 Å². The monoisotopic (exact) mass is 528 g/mol. The van der Waals surface area contributed by atoms with Gasteiger partial charge in [-0.05, 0) is 23.1 Å². The predicted molar refractivity (Wildman–Crippen MR) is 157 cm³/mol. The molecule has 0 aliphatic heterocycles. The minimum Gasteiger partial charge on any atom is -0.388 e. The molecule has 3 atom stereocenters. The maximum atomic E-state index is 12.3. The van der Waals surface area contributed by atoms with Gasteiger partial charge >= 0.3 is 0 Å². The number of aliphatic hydroxyl groups is 1. The van der Waals surface area contributed by atoms with Crippen molar-refractivity contribution in [1.29, 1.82) is 0 Å². The van der Waals surface area contributed by atoms with E-state index in [0.29, 0.717) is 18.4 Å². The number of thiol groups is 1. The zero-order valence-electron chi connectivity index (χ0n) is 20.8. The fraction of sp³-hybridized carbons (Fsp3) is 0.188. The Balaban J connectivity index is 0.000000208. The van der Waals surface area contributed by atoms with Crippen LogP contribution in [0, 0.1) is 0 Å². The lowest BCUT2D eigenvalue weighted by Gasteiger charge is -2.16. The second-order valence-electron chi connectivity index (χ2n) is 8.59. The number of carbonyl (C=O) groups is 2. The van der Waals surface area contributed by atoms with Crippen molar-refractivity contribution in [3.05, 3.63) is 144 Å². The smallest absolute Gasteiger partial charge is 0.186 e. The summed E-state index contributed by atoms with van der Waals surface area (Å²) in [6.45, 7) is 1.54. The first-order valence-electron chi connectivity index (χ1n) is 12.2. The van der Waals surface area contributed by atoms with Crippen LogP contribution >= 0.6 is 24.4 Å². The molecule has 0 heterocycles. The number of thioether (sulfide) groups is 1. The molecular weight excluding hydrogens is 496 g/mol. The van der Waals surface area contributed by atoms with E-state index in [9.17, 15) is 14.7 Å². The van der Waals surface area contributed by atoms with Crippen LogP contribution in [0.25, 0.3) is 0 Å². The highest BCUT2D eigenvalue weighted by Crippen LogP contribution is 2.33. The average Bonchev–Trinajstić information content (AvgIpc) is 2.94. The zero-order valence-corrected chi connectivity index (χ0v) is 22.5. The molecule has 4 aromatic rings. The Hall–Kier alpha value is -3.12. The Morgan fingerprint density at radius 2 is 1.14 bits per heavy atom. The highest BCUT2D eigenvalue weighted by atomic mass is 32.2. The van der Waals surface area contributed by atoms with Gasteiger partial charge in [0.2, 0.25) is 0 Å². The van der Waals surface area contributed by atoms with E-state index in [1.165, 1.54) is 18.7 Å². The molecule has 37 heavy (non-hydrogen) atoms. The number of Topliss-reactive ketones (excluding diaryl/α,β-unsaturated/α-hetero) is 1. The summed E-state index contributed by atoms with van der Waals surface area (Å²) in [5.41, 5.74) is 3.79. The predicted octanol–water partition coefficient (Wildman–Crippen LogP) is 8.06. The molecule has 0 spiro atoms. The van der Waals surface area contributed by atoms with Crippen LogP contribution in [0.5, 0.6) is 0 Å². The number of ketones is 1. The molecule has 0 fully saturated rings. The number of benzene rings is 4. The van der Waals surface area contributed by atoms with Crippen molar-refractivity contribution in [2.75, 3.05) is 0 Å². The van der Waals surface area contributed by atoms with Crippen molar-refractivity contribution in [3.8, 4) is 0 Å². The van der Waals surface area contributed by atoms with Crippen molar-refractivity contribution in [2.45, 2.75) is 36.4 Å². The van der Waals surface area contributed by atoms with Crippen LogP contribution in [0.2, 0.25) is 0 Å². The average molecular weight is 529 g/mol. The van der Waals surface area contributed by atoms with E-state index in [0.717, 1.165) is 16.7 Å². The Kier molecular flexibility index (Phi) is 11.7. The molecule has 0 aromatic heterocycles. The quantitative estimate of drug-likeness (QED) is 0.170. The fourth-order valence-corrected chi connectivity index (χ4v) is 5.14. The topological polar surface area (TPSA) is 54.4 Å². The van der Waals surface area contributed by atoms with E-state index in [2.05, 4.69) is 12.6 Å². The van der Waals surface area contributed by atoms with Gasteiger partial charge in [0.15, 0.2) is 10.9 Å². The molecule has 0 amide bonds. The molecule has 4 rings (SSSR count). The van der Waals surface area contributed by atoms with Crippen LogP contribution in [-0.4, -0.2) is 16.0 Å². The third-order valence-corrected chi connectivity index (χ3v) is 7.33. The normalized spacial score (nSPS) is 12.9. The SMILES string of the molecule is CC(=O)SC(CC(=O)c1ccccc1)c1ccccc1.OC(CC(S)c1ccccc1)c1ccccc1. The number of carbonyl (C=O) groups excluding carboxylic acids is 2. The number of hydrogen-bond acceptors (Lipinski definition) is 5. The summed E-state index contributed by atoms with van der Waals surface area (Å²) in [4.78, 5) is 23.7. The summed E-state index contributed by atoms with van der Waals surface area (Å²) in [5.74, 6) is 0.0632. The molecular formula is C32H32O3S2. The molecule has 3 nitrogen and oxygen atoms in total. The lowest BCUT2D eigenvalue weighted by atomic mass is 10.0. The molecule has 0 bridgehead atoms. The van der Waals surface area contributed by atoms with E-state index in [1.54, 1.807) is 0 Å². The zero-order chi connectivity index (χ0) is 26.5. The second kappa shape index (κ2) is 15.2.